The summed E-state index contributed by atoms with van der Waals surface area (Å²) >= 11 is 1.39. The highest BCUT2D eigenvalue weighted by molar-refractivity contribution is 8.00. The van der Waals surface area contributed by atoms with Gasteiger partial charge in [0.1, 0.15) is 18.2 Å². The number of thioether (sulfide) groups is 1. The topological polar surface area (TPSA) is 67.2 Å². The molecule has 0 saturated heterocycles. The maximum Gasteiger partial charge on any atom is 0.240 e. The molecule has 1 aromatic heterocycles. The first kappa shape index (κ1) is 25.3. The van der Waals surface area contributed by atoms with Crippen LogP contribution in [0, 0.1) is 5.82 Å². The fourth-order valence-electron chi connectivity index (χ4n) is 3.94. The fourth-order valence-corrected chi connectivity index (χ4v) is 5.16. The Kier molecular flexibility index (Phi) is 7.27. The molecule has 0 radical (unpaired) electrons. The molecule has 3 rings (SSSR count). The molecule has 33 heavy (non-hydrogen) atoms. The summed E-state index contributed by atoms with van der Waals surface area (Å²) in [5.41, 5.74) is 1.32. The second-order valence-electron chi connectivity index (χ2n) is 10.5. The van der Waals surface area contributed by atoms with Crippen LogP contribution in [0.3, 0.4) is 0 Å². The molecular formula is C25H35FN4O2S. The molecule has 0 fully saturated rings. The molecule has 2 amide bonds. The van der Waals surface area contributed by atoms with Crippen molar-refractivity contribution in [3.63, 3.8) is 0 Å². The van der Waals surface area contributed by atoms with E-state index in [0.717, 1.165) is 17.7 Å². The minimum Gasteiger partial charge on any atom is -0.355 e. The van der Waals surface area contributed by atoms with E-state index in [-0.39, 0.29) is 35.3 Å². The van der Waals surface area contributed by atoms with E-state index < -0.39 is 10.8 Å². The number of halogens is 1. The lowest BCUT2D eigenvalue weighted by atomic mass is 9.87. The molecule has 1 aliphatic heterocycles. The number of rotatable bonds is 5. The highest BCUT2D eigenvalue weighted by Gasteiger charge is 2.41. The largest absolute Gasteiger partial charge is 0.355 e. The molecule has 2 heterocycles. The lowest BCUT2D eigenvalue weighted by molar-refractivity contribution is -0.122. The summed E-state index contributed by atoms with van der Waals surface area (Å²) in [4.78, 5) is 27.6. The molecule has 2 aromatic rings. The van der Waals surface area contributed by atoms with Crippen LogP contribution < -0.4 is 10.2 Å². The van der Waals surface area contributed by atoms with Gasteiger partial charge in [-0.05, 0) is 33.3 Å². The zero-order chi connectivity index (χ0) is 24.6. The van der Waals surface area contributed by atoms with E-state index in [9.17, 15) is 9.59 Å². The van der Waals surface area contributed by atoms with Gasteiger partial charge >= 0.3 is 0 Å². The quantitative estimate of drug-likeness (QED) is 0.678. The second-order valence-corrected chi connectivity index (χ2v) is 11.6. The number of amides is 2. The van der Waals surface area contributed by atoms with Gasteiger partial charge in [-0.15, -0.1) is 11.8 Å². The van der Waals surface area contributed by atoms with Crippen molar-refractivity contribution in [2.24, 2.45) is 0 Å². The molecule has 0 aliphatic carbocycles. The maximum atomic E-state index is 15.0. The summed E-state index contributed by atoms with van der Waals surface area (Å²) in [6.45, 7) is 14.7. The van der Waals surface area contributed by atoms with Gasteiger partial charge in [0.15, 0.2) is 0 Å². The number of carbonyl (C=O) groups is 2. The number of anilines is 1. The first-order valence-electron chi connectivity index (χ1n) is 11.4. The molecule has 0 spiro atoms. The van der Waals surface area contributed by atoms with Gasteiger partial charge in [-0.3, -0.25) is 14.5 Å². The third-order valence-electron chi connectivity index (χ3n) is 5.50. The molecule has 0 bridgehead atoms. The number of carbonyl (C=O) groups excluding carboxylic acids is 2. The monoisotopic (exact) mass is 474 g/mol. The van der Waals surface area contributed by atoms with Crippen LogP contribution in [-0.2, 0) is 20.5 Å². The number of hydrogen-bond acceptors (Lipinski definition) is 4. The normalized spacial score (nSPS) is 17.0. The molecular weight excluding hydrogens is 439 g/mol. The van der Waals surface area contributed by atoms with E-state index in [1.807, 2.05) is 38.4 Å². The van der Waals surface area contributed by atoms with Gasteiger partial charge in [-0.25, -0.2) is 9.07 Å². The summed E-state index contributed by atoms with van der Waals surface area (Å²) in [7, 11) is 0. The molecule has 0 unspecified atom stereocenters. The van der Waals surface area contributed by atoms with Crippen molar-refractivity contribution in [2.75, 3.05) is 23.7 Å². The Morgan fingerprint density at radius 1 is 1.21 bits per heavy atom. The first-order chi connectivity index (χ1) is 15.4. The summed E-state index contributed by atoms with van der Waals surface area (Å²) < 4.78 is 16.9. The first-order valence-corrected chi connectivity index (χ1v) is 12.5. The number of aromatic nitrogens is 2. The third-order valence-corrected chi connectivity index (χ3v) is 6.73. The van der Waals surface area contributed by atoms with E-state index in [4.69, 9.17) is 5.10 Å². The Bertz CT molecular complexity index is 1040. The van der Waals surface area contributed by atoms with Crippen LogP contribution in [0.1, 0.15) is 77.0 Å². The molecule has 1 aliphatic rings. The zero-order valence-electron chi connectivity index (χ0n) is 20.7. The van der Waals surface area contributed by atoms with Crippen LogP contribution >= 0.6 is 11.8 Å². The van der Waals surface area contributed by atoms with Gasteiger partial charge in [-0.1, -0.05) is 45.9 Å². The van der Waals surface area contributed by atoms with E-state index >= 15 is 4.39 Å². The maximum absolute atomic E-state index is 15.0. The Hall–Kier alpha value is -2.35. The van der Waals surface area contributed by atoms with E-state index in [0.29, 0.717) is 17.9 Å². The molecule has 1 atom stereocenters. The van der Waals surface area contributed by atoms with Gasteiger partial charge in [0.05, 0.1) is 22.2 Å². The lowest BCUT2D eigenvalue weighted by Crippen LogP contribution is -2.44. The van der Waals surface area contributed by atoms with E-state index in [1.54, 1.807) is 17.0 Å². The Morgan fingerprint density at radius 3 is 2.45 bits per heavy atom. The van der Waals surface area contributed by atoms with Crippen molar-refractivity contribution in [3.8, 4) is 0 Å². The minimum atomic E-state index is -0.458. The summed E-state index contributed by atoms with van der Waals surface area (Å²) in [6, 6.07) is 6.70. The van der Waals surface area contributed by atoms with Gasteiger partial charge in [0, 0.05) is 23.1 Å². The van der Waals surface area contributed by atoms with Crippen molar-refractivity contribution in [1.29, 1.82) is 0 Å². The van der Waals surface area contributed by atoms with Crippen molar-refractivity contribution >= 4 is 29.4 Å². The van der Waals surface area contributed by atoms with Crippen LogP contribution in [-0.4, -0.2) is 40.4 Å². The van der Waals surface area contributed by atoms with Crippen LogP contribution in [0.25, 0.3) is 0 Å². The highest BCUT2D eigenvalue weighted by Crippen LogP contribution is 2.49. The zero-order valence-corrected chi connectivity index (χ0v) is 21.5. The average molecular weight is 475 g/mol. The average Bonchev–Trinajstić information content (AvgIpc) is 3.07. The highest BCUT2D eigenvalue weighted by atomic mass is 32.2. The number of nitrogens with one attached hydrogen (secondary N) is 1. The molecule has 8 heteroatoms. The lowest BCUT2D eigenvalue weighted by Gasteiger charge is -2.29. The molecule has 0 saturated carbocycles. The predicted molar refractivity (Wildman–Crippen MR) is 132 cm³/mol. The minimum absolute atomic E-state index is 0.0955. The van der Waals surface area contributed by atoms with Gasteiger partial charge in [0.25, 0.3) is 0 Å². The van der Waals surface area contributed by atoms with Crippen LogP contribution in [0.2, 0.25) is 0 Å². The summed E-state index contributed by atoms with van der Waals surface area (Å²) in [6.07, 6.45) is 0.810. The van der Waals surface area contributed by atoms with Gasteiger partial charge in [-0.2, -0.15) is 5.10 Å². The number of hydrogen-bond donors (Lipinski definition) is 1. The number of fused-ring (bicyclic) bond motifs is 1. The van der Waals surface area contributed by atoms with Crippen LogP contribution in [0.4, 0.5) is 10.2 Å². The predicted octanol–water partition coefficient (Wildman–Crippen LogP) is 4.77. The van der Waals surface area contributed by atoms with E-state index in [1.165, 1.54) is 17.8 Å². The van der Waals surface area contributed by atoms with Crippen molar-refractivity contribution < 1.29 is 14.0 Å². The molecule has 1 N–H and O–H groups in total. The molecule has 1 aromatic carbocycles. The number of benzene rings is 1. The SMILES string of the molecule is CCCNC(=O)CN1C(=O)CS[C@@H](c2ccccc2F)c2c(C(C)(C)C)nn(C(C)(C)C)c21. The smallest absolute Gasteiger partial charge is 0.240 e. The molecule has 180 valence electrons. The van der Waals surface area contributed by atoms with Gasteiger partial charge < -0.3 is 5.32 Å². The van der Waals surface area contributed by atoms with Crippen LogP contribution in [0.5, 0.6) is 0 Å². The Morgan fingerprint density at radius 2 is 1.88 bits per heavy atom. The van der Waals surface area contributed by atoms with Crippen molar-refractivity contribution in [3.05, 3.63) is 46.9 Å². The third kappa shape index (κ3) is 5.26. The van der Waals surface area contributed by atoms with Crippen molar-refractivity contribution in [2.45, 2.75) is 71.1 Å². The summed E-state index contributed by atoms with van der Waals surface area (Å²) in [5.74, 6) is 0.0120. The number of nitrogens with zero attached hydrogens (tertiary/aromatic N) is 3. The summed E-state index contributed by atoms with van der Waals surface area (Å²) in [5, 5.41) is 7.44. The van der Waals surface area contributed by atoms with Crippen molar-refractivity contribution in [1.82, 2.24) is 15.1 Å². The van der Waals surface area contributed by atoms with Crippen LogP contribution in [0.15, 0.2) is 24.3 Å². The standard InChI is InChI=1S/C25H35FN4O2S/c1-8-13-27-18(31)14-29-19(32)15-33-21(16-11-9-10-12-17(16)26)20-22(24(2,3)4)28-30(23(20)29)25(5,6)7/h9-12,21H,8,13-15H2,1-7H3,(H,27,31)/t21-/m0/s1. The Labute approximate surface area is 200 Å². The molecule has 6 nitrogen and oxygen atoms in total. The second kappa shape index (κ2) is 9.49. The van der Waals surface area contributed by atoms with Gasteiger partial charge in [0.2, 0.25) is 11.8 Å². The van der Waals surface area contributed by atoms with E-state index in [2.05, 4.69) is 26.1 Å². The Balaban J connectivity index is 2.31. The fraction of sp³-hybridized carbons (Fsp3) is 0.560.